The van der Waals surface area contributed by atoms with Crippen LogP contribution in [0.2, 0.25) is 0 Å². The van der Waals surface area contributed by atoms with E-state index in [1.165, 1.54) is 4.90 Å². The van der Waals surface area contributed by atoms with Crippen molar-refractivity contribution in [3.63, 3.8) is 0 Å². The van der Waals surface area contributed by atoms with Crippen LogP contribution in [0, 0.1) is 0 Å². The minimum absolute atomic E-state index is 0.0427. The molecule has 0 saturated carbocycles. The average molecular weight is 307 g/mol. The van der Waals surface area contributed by atoms with Gasteiger partial charge in [-0.1, -0.05) is 60.7 Å². The van der Waals surface area contributed by atoms with Crippen molar-refractivity contribution in [2.24, 2.45) is 0 Å². The lowest BCUT2D eigenvalue weighted by Crippen LogP contribution is -2.42. The zero-order valence-electron chi connectivity index (χ0n) is 11.8. The molecule has 1 saturated heterocycles. The van der Waals surface area contributed by atoms with E-state index in [9.17, 15) is 13.2 Å². The van der Waals surface area contributed by atoms with E-state index < -0.39 is 18.4 Å². The third-order valence-corrected chi connectivity index (χ3v) is 3.79. The Balaban J connectivity index is 1.90. The number of hydrogen-bond acceptors (Lipinski definition) is 2. The number of benzene rings is 2. The lowest BCUT2D eigenvalue weighted by atomic mass is 10.1. The van der Waals surface area contributed by atoms with Crippen molar-refractivity contribution in [2.45, 2.75) is 25.0 Å². The Labute approximate surface area is 127 Å². The minimum atomic E-state index is -4.40. The van der Waals surface area contributed by atoms with E-state index in [-0.39, 0.29) is 13.2 Å². The first-order valence-corrected chi connectivity index (χ1v) is 7.08. The molecule has 0 amide bonds. The summed E-state index contributed by atoms with van der Waals surface area (Å²) in [6, 6.07) is 17.9. The van der Waals surface area contributed by atoms with Gasteiger partial charge < -0.3 is 4.74 Å². The van der Waals surface area contributed by atoms with Gasteiger partial charge in [-0.15, -0.1) is 0 Å². The van der Waals surface area contributed by atoms with Gasteiger partial charge in [-0.3, -0.25) is 4.90 Å². The Morgan fingerprint density at radius 3 is 2.14 bits per heavy atom. The monoisotopic (exact) mass is 307 g/mol. The Hall–Kier alpha value is -1.85. The van der Waals surface area contributed by atoms with Crippen LogP contribution in [0.15, 0.2) is 60.7 Å². The molecule has 1 aliphatic heterocycles. The molecule has 2 aromatic rings. The molecule has 0 spiro atoms. The maximum atomic E-state index is 13.2. The van der Waals surface area contributed by atoms with Crippen LogP contribution in [0.3, 0.4) is 0 Å². The lowest BCUT2D eigenvalue weighted by molar-refractivity contribution is -0.242. The van der Waals surface area contributed by atoms with Crippen molar-refractivity contribution in [1.29, 1.82) is 0 Å². The van der Waals surface area contributed by atoms with Gasteiger partial charge in [0.25, 0.3) is 0 Å². The molecule has 2 nitrogen and oxygen atoms in total. The molecule has 116 valence electrons. The van der Waals surface area contributed by atoms with Gasteiger partial charge in [0.2, 0.25) is 6.23 Å². The summed E-state index contributed by atoms with van der Waals surface area (Å²) < 4.78 is 44.8. The standard InChI is InChI=1S/C17H16F3NO/c18-17(19,20)16-21(11-13-7-3-1-4-8-13)15(12-22-16)14-9-5-2-6-10-14/h1-10,15-16H,11-12H2/t15-,16?/m0/s1. The van der Waals surface area contributed by atoms with Crippen LogP contribution >= 0.6 is 0 Å². The molecule has 1 fully saturated rings. The highest BCUT2D eigenvalue weighted by Gasteiger charge is 2.51. The highest BCUT2D eigenvalue weighted by molar-refractivity contribution is 5.22. The minimum Gasteiger partial charge on any atom is -0.352 e. The second-order valence-electron chi connectivity index (χ2n) is 5.31. The molecule has 1 heterocycles. The normalized spacial score (nSPS) is 22.9. The zero-order valence-corrected chi connectivity index (χ0v) is 11.8. The molecule has 3 rings (SSSR count). The molecule has 0 bridgehead atoms. The predicted molar refractivity (Wildman–Crippen MR) is 77.0 cm³/mol. The van der Waals surface area contributed by atoms with Crippen LogP contribution in [-0.2, 0) is 11.3 Å². The molecule has 0 N–H and O–H groups in total. The Morgan fingerprint density at radius 2 is 1.55 bits per heavy atom. The molecule has 2 atom stereocenters. The van der Waals surface area contributed by atoms with E-state index in [4.69, 9.17) is 4.74 Å². The molecule has 5 heteroatoms. The van der Waals surface area contributed by atoms with Crippen LogP contribution in [0.5, 0.6) is 0 Å². The highest BCUT2D eigenvalue weighted by atomic mass is 19.4. The smallest absolute Gasteiger partial charge is 0.352 e. The molecule has 1 aliphatic rings. The van der Waals surface area contributed by atoms with Crippen molar-refractivity contribution in [3.05, 3.63) is 71.8 Å². The topological polar surface area (TPSA) is 12.5 Å². The molecule has 0 aromatic heterocycles. The summed E-state index contributed by atoms with van der Waals surface area (Å²) in [5, 5.41) is 0. The highest BCUT2D eigenvalue weighted by Crippen LogP contribution is 2.39. The van der Waals surface area contributed by atoms with Gasteiger partial charge in [-0.2, -0.15) is 13.2 Å². The largest absolute Gasteiger partial charge is 0.428 e. The second-order valence-corrected chi connectivity index (χ2v) is 5.31. The van der Waals surface area contributed by atoms with Crippen LogP contribution in [0.25, 0.3) is 0 Å². The third kappa shape index (κ3) is 3.15. The fourth-order valence-electron chi connectivity index (χ4n) is 2.77. The fourth-order valence-corrected chi connectivity index (χ4v) is 2.77. The average Bonchev–Trinajstić information content (AvgIpc) is 2.93. The van der Waals surface area contributed by atoms with E-state index in [0.29, 0.717) is 0 Å². The molecule has 0 aliphatic carbocycles. The summed E-state index contributed by atoms with van der Waals surface area (Å²) in [7, 11) is 0. The quantitative estimate of drug-likeness (QED) is 0.844. The summed E-state index contributed by atoms with van der Waals surface area (Å²) in [5.74, 6) is 0. The maximum Gasteiger partial charge on any atom is 0.428 e. The second kappa shape index (κ2) is 6.10. The van der Waals surface area contributed by atoms with E-state index >= 15 is 0 Å². The van der Waals surface area contributed by atoms with Crippen molar-refractivity contribution in [1.82, 2.24) is 4.90 Å². The predicted octanol–water partition coefficient (Wildman–Crippen LogP) is 4.15. The Kier molecular flexibility index (Phi) is 4.18. The first kappa shape index (κ1) is 15.1. The van der Waals surface area contributed by atoms with Gasteiger partial charge in [0.1, 0.15) is 0 Å². The maximum absolute atomic E-state index is 13.2. The van der Waals surface area contributed by atoms with Crippen molar-refractivity contribution >= 4 is 0 Å². The fraction of sp³-hybridized carbons (Fsp3) is 0.294. The summed E-state index contributed by atoms with van der Waals surface area (Å²) in [5.41, 5.74) is 1.67. The van der Waals surface area contributed by atoms with Crippen molar-refractivity contribution in [2.75, 3.05) is 6.61 Å². The number of halogens is 3. The van der Waals surface area contributed by atoms with Gasteiger partial charge >= 0.3 is 6.18 Å². The molecular weight excluding hydrogens is 291 g/mol. The van der Waals surface area contributed by atoms with E-state index in [0.717, 1.165) is 11.1 Å². The summed E-state index contributed by atoms with van der Waals surface area (Å²) in [6.45, 7) is 0.242. The molecule has 1 unspecified atom stereocenters. The van der Waals surface area contributed by atoms with Gasteiger partial charge in [0, 0.05) is 6.54 Å². The van der Waals surface area contributed by atoms with Gasteiger partial charge in [0.15, 0.2) is 0 Å². The molecule has 2 aromatic carbocycles. The SMILES string of the molecule is FC(F)(F)C1OC[C@@H](c2ccccc2)N1Cc1ccccc1. The molecule has 0 radical (unpaired) electrons. The summed E-state index contributed by atoms with van der Waals surface area (Å²) in [6.07, 6.45) is -6.27. The number of rotatable bonds is 3. The lowest BCUT2D eigenvalue weighted by Gasteiger charge is -2.29. The zero-order chi connectivity index (χ0) is 15.6. The Bertz CT molecular complexity index is 600. The third-order valence-electron chi connectivity index (χ3n) is 3.79. The summed E-state index contributed by atoms with van der Waals surface area (Å²) >= 11 is 0. The van der Waals surface area contributed by atoms with Crippen molar-refractivity contribution in [3.8, 4) is 0 Å². The van der Waals surface area contributed by atoms with Crippen molar-refractivity contribution < 1.29 is 17.9 Å². The number of hydrogen-bond donors (Lipinski definition) is 0. The molecule has 22 heavy (non-hydrogen) atoms. The number of nitrogens with zero attached hydrogens (tertiary/aromatic N) is 1. The Morgan fingerprint density at radius 1 is 0.955 bits per heavy atom. The number of alkyl halides is 3. The first-order valence-electron chi connectivity index (χ1n) is 7.08. The molecular formula is C17H16F3NO. The van der Waals surface area contributed by atoms with Crippen LogP contribution < -0.4 is 0 Å². The van der Waals surface area contributed by atoms with Crippen LogP contribution in [-0.4, -0.2) is 23.9 Å². The van der Waals surface area contributed by atoms with E-state index in [2.05, 4.69) is 0 Å². The van der Waals surface area contributed by atoms with Crippen LogP contribution in [0.4, 0.5) is 13.2 Å². The van der Waals surface area contributed by atoms with E-state index in [1.54, 1.807) is 0 Å². The first-order chi connectivity index (χ1) is 10.6. The van der Waals surface area contributed by atoms with Gasteiger partial charge in [-0.25, -0.2) is 0 Å². The summed E-state index contributed by atoms with van der Waals surface area (Å²) in [4.78, 5) is 1.38. The van der Waals surface area contributed by atoms with Gasteiger partial charge in [0.05, 0.1) is 12.6 Å². The van der Waals surface area contributed by atoms with Gasteiger partial charge in [-0.05, 0) is 11.1 Å². The van der Waals surface area contributed by atoms with Crippen LogP contribution in [0.1, 0.15) is 17.2 Å². The number of ether oxygens (including phenoxy) is 1. The van der Waals surface area contributed by atoms with E-state index in [1.807, 2.05) is 60.7 Å².